The summed E-state index contributed by atoms with van der Waals surface area (Å²) in [5.74, 6) is 0.519. The Morgan fingerprint density at radius 3 is 2.55 bits per heavy atom. The van der Waals surface area contributed by atoms with Gasteiger partial charge >= 0.3 is 0 Å². The molecule has 0 bridgehead atoms. The third kappa shape index (κ3) is 3.66. The number of nitrogens with one attached hydrogen (secondary N) is 1. The van der Waals surface area contributed by atoms with Crippen LogP contribution in [-0.4, -0.2) is 20.4 Å². The van der Waals surface area contributed by atoms with E-state index in [2.05, 4.69) is 18.6 Å². The Kier molecular flexibility index (Phi) is 4.93. The highest BCUT2D eigenvalue weighted by Gasteiger charge is 2.39. The summed E-state index contributed by atoms with van der Waals surface area (Å²) in [5.41, 5.74) is 4.30. The van der Waals surface area contributed by atoms with E-state index >= 15 is 0 Å². The molecule has 2 aromatic rings. The van der Waals surface area contributed by atoms with Gasteiger partial charge in [-0.05, 0) is 73.9 Å². The molecular formula is C23H28N2O3S. The molecule has 2 aliphatic rings. The molecular weight excluding hydrogens is 384 g/mol. The van der Waals surface area contributed by atoms with Gasteiger partial charge in [-0.2, -0.15) is 0 Å². The molecule has 1 atom stereocenters. The lowest BCUT2D eigenvalue weighted by Gasteiger charge is -2.22. The zero-order valence-corrected chi connectivity index (χ0v) is 18.2. The van der Waals surface area contributed by atoms with Crippen LogP contribution in [-0.2, 0) is 21.2 Å². The number of carbonyl (C=O) groups is 1. The zero-order valence-electron chi connectivity index (χ0n) is 17.4. The second-order valence-electron chi connectivity index (χ2n) is 8.63. The summed E-state index contributed by atoms with van der Waals surface area (Å²) >= 11 is 0. The maximum atomic E-state index is 13.2. The average Bonchev–Trinajstić information content (AvgIpc) is 3.44. The largest absolute Gasteiger partial charge is 0.309 e. The zero-order chi connectivity index (χ0) is 20.9. The van der Waals surface area contributed by atoms with Gasteiger partial charge in [-0.15, -0.1) is 0 Å². The number of fused-ring (bicyclic) bond motifs is 1. The van der Waals surface area contributed by atoms with E-state index in [-0.39, 0.29) is 28.7 Å². The molecule has 5 nitrogen and oxygen atoms in total. The first kappa shape index (κ1) is 20.0. The van der Waals surface area contributed by atoms with E-state index < -0.39 is 10.0 Å². The van der Waals surface area contributed by atoms with Gasteiger partial charge in [0, 0.05) is 17.6 Å². The predicted octanol–water partition coefficient (Wildman–Crippen LogP) is 4.61. The highest BCUT2D eigenvalue weighted by molar-refractivity contribution is 7.92. The Balaban J connectivity index is 1.66. The molecule has 6 heteroatoms. The molecule has 1 fully saturated rings. The van der Waals surface area contributed by atoms with Crippen LogP contribution in [0.2, 0.25) is 0 Å². The van der Waals surface area contributed by atoms with Crippen LogP contribution >= 0.6 is 0 Å². The average molecular weight is 413 g/mol. The second-order valence-corrected chi connectivity index (χ2v) is 10.3. The fourth-order valence-corrected chi connectivity index (χ4v) is 5.35. The number of carbonyl (C=O) groups excluding carboxylic acids is 1. The second kappa shape index (κ2) is 7.17. The first-order chi connectivity index (χ1) is 13.7. The monoisotopic (exact) mass is 412 g/mol. The summed E-state index contributed by atoms with van der Waals surface area (Å²) in [6.45, 7) is 8.04. The number of rotatable bonds is 5. The summed E-state index contributed by atoms with van der Waals surface area (Å²) in [7, 11) is -3.73. The third-order valence-corrected chi connectivity index (χ3v) is 7.25. The minimum absolute atomic E-state index is 0.0629. The third-order valence-electron chi connectivity index (χ3n) is 5.90. The first-order valence-electron chi connectivity index (χ1n) is 10.3. The van der Waals surface area contributed by atoms with Gasteiger partial charge in [-0.1, -0.05) is 32.0 Å². The molecule has 1 N–H and O–H groups in total. The van der Waals surface area contributed by atoms with E-state index in [0.29, 0.717) is 12.1 Å². The standard InChI is InChI=1S/C23H28N2O3S/c1-14(2)20-7-5-6-15(3)22(20)24-29(27,28)19-10-11-21-18(13-19)12-16(4)25(21)23(26)17-8-9-17/h5-7,10-11,13-14,16-17,24H,8-9,12H2,1-4H3. The number of nitrogens with zero attached hydrogens (tertiary/aromatic N) is 1. The van der Waals surface area contributed by atoms with E-state index in [1.165, 1.54) is 0 Å². The van der Waals surface area contributed by atoms with E-state index in [1.807, 2.05) is 36.9 Å². The Hall–Kier alpha value is -2.34. The minimum Gasteiger partial charge on any atom is -0.309 e. The van der Waals surface area contributed by atoms with Gasteiger partial charge in [0.15, 0.2) is 0 Å². The van der Waals surface area contributed by atoms with E-state index in [0.717, 1.165) is 35.2 Å². The first-order valence-corrected chi connectivity index (χ1v) is 11.8. The fraction of sp³-hybridized carbons (Fsp3) is 0.435. The van der Waals surface area contributed by atoms with Crippen LogP contribution in [0.15, 0.2) is 41.3 Å². The van der Waals surface area contributed by atoms with Crippen molar-refractivity contribution in [3.63, 3.8) is 0 Å². The van der Waals surface area contributed by atoms with Gasteiger partial charge in [-0.3, -0.25) is 9.52 Å². The Bertz CT molecular complexity index is 1070. The van der Waals surface area contributed by atoms with E-state index in [4.69, 9.17) is 0 Å². The number of hydrogen-bond acceptors (Lipinski definition) is 3. The molecule has 1 heterocycles. The summed E-state index contributed by atoms with van der Waals surface area (Å²) in [4.78, 5) is 14.7. The smallest absolute Gasteiger partial charge is 0.261 e. The highest BCUT2D eigenvalue weighted by Crippen LogP contribution is 2.40. The van der Waals surface area contributed by atoms with Crippen molar-refractivity contribution in [2.75, 3.05) is 9.62 Å². The number of sulfonamides is 1. The maximum Gasteiger partial charge on any atom is 0.261 e. The maximum absolute atomic E-state index is 13.2. The van der Waals surface area contributed by atoms with Gasteiger partial charge in [0.25, 0.3) is 10.0 Å². The van der Waals surface area contributed by atoms with Gasteiger partial charge in [-0.25, -0.2) is 8.42 Å². The van der Waals surface area contributed by atoms with Gasteiger partial charge < -0.3 is 4.90 Å². The summed E-state index contributed by atoms with van der Waals surface area (Å²) in [6.07, 6.45) is 2.60. The Morgan fingerprint density at radius 1 is 1.17 bits per heavy atom. The molecule has 29 heavy (non-hydrogen) atoms. The van der Waals surface area contributed by atoms with Crippen molar-refractivity contribution in [2.24, 2.45) is 5.92 Å². The van der Waals surface area contributed by atoms with Crippen LogP contribution in [0.5, 0.6) is 0 Å². The summed E-state index contributed by atoms with van der Waals surface area (Å²) in [6, 6.07) is 11.0. The molecule has 0 aromatic heterocycles. The van der Waals surface area contributed by atoms with Crippen LogP contribution in [0, 0.1) is 12.8 Å². The lowest BCUT2D eigenvalue weighted by atomic mass is 9.99. The predicted molar refractivity (Wildman–Crippen MR) is 116 cm³/mol. The number of benzene rings is 2. The van der Waals surface area contributed by atoms with Crippen LogP contribution in [0.25, 0.3) is 0 Å². The van der Waals surface area contributed by atoms with Gasteiger partial charge in [0.2, 0.25) is 5.91 Å². The van der Waals surface area contributed by atoms with Crippen LogP contribution in [0.1, 0.15) is 56.2 Å². The molecule has 0 radical (unpaired) electrons. The van der Waals surface area contributed by atoms with Gasteiger partial charge in [0.05, 0.1) is 10.6 Å². The van der Waals surface area contributed by atoms with Crippen LogP contribution < -0.4 is 9.62 Å². The highest BCUT2D eigenvalue weighted by atomic mass is 32.2. The van der Waals surface area contributed by atoms with Crippen molar-refractivity contribution in [1.29, 1.82) is 0 Å². The number of amides is 1. The van der Waals surface area contributed by atoms with Crippen molar-refractivity contribution in [2.45, 2.75) is 63.8 Å². The number of aryl methyl sites for hydroxylation is 1. The van der Waals surface area contributed by atoms with Crippen molar-refractivity contribution < 1.29 is 13.2 Å². The number of anilines is 2. The molecule has 1 amide bonds. The number of para-hydroxylation sites is 1. The Morgan fingerprint density at radius 2 is 1.90 bits per heavy atom. The molecule has 1 aliphatic carbocycles. The summed E-state index contributed by atoms with van der Waals surface area (Å²) < 4.78 is 29.1. The molecule has 1 saturated carbocycles. The molecule has 0 saturated heterocycles. The molecule has 0 spiro atoms. The van der Waals surface area contributed by atoms with E-state index in [1.54, 1.807) is 18.2 Å². The van der Waals surface area contributed by atoms with Gasteiger partial charge in [0.1, 0.15) is 0 Å². The fourth-order valence-electron chi connectivity index (χ4n) is 4.14. The molecule has 4 rings (SSSR count). The lowest BCUT2D eigenvalue weighted by molar-refractivity contribution is -0.120. The van der Waals surface area contributed by atoms with Crippen molar-refractivity contribution in [3.8, 4) is 0 Å². The van der Waals surface area contributed by atoms with Crippen molar-refractivity contribution in [1.82, 2.24) is 0 Å². The SMILES string of the molecule is Cc1cccc(C(C)C)c1NS(=O)(=O)c1ccc2c(c1)CC(C)N2C(=O)C1CC1. The van der Waals surface area contributed by atoms with Crippen LogP contribution in [0.4, 0.5) is 11.4 Å². The molecule has 1 aliphatic heterocycles. The lowest BCUT2D eigenvalue weighted by Crippen LogP contribution is -2.36. The molecule has 154 valence electrons. The normalized spacial score (nSPS) is 18.8. The molecule has 1 unspecified atom stereocenters. The van der Waals surface area contributed by atoms with E-state index in [9.17, 15) is 13.2 Å². The number of hydrogen-bond donors (Lipinski definition) is 1. The van der Waals surface area contributed by atoms with Crippen molar-refractivity contribution in [3.05, 3.63) is 53.1 Å². The van der Waals surface area contributed by atoms with Crippen molar-refractivity contribution >= 4 is 27.3 Å². The quantitative estimate of drug-likeness (QED) is 0.780. The minimum atomic E-state index is -3.73. The topological polar surface area (TPSA) is 66.5 Å². The van der Waals surface area contributed by atoms with Crippen LogP contribution in [0.3, 0.4) is 0 Å². The Labute approximate surface area is 173 Å². The summed E-state index contributed by atoms with van der Waals surface area (Å²) in [5, 5.41) is 0. The molecule has 2 aromatic carbocycles.